The minimum Gasteiger partial charge on any atom is -0.463 e. The molecular formula is C14H21NO5S. The van der Waals surface area contributed by atoms with Crippen LogP contribution in [0.4, 0.5) is 0 Å². The van der Waals surface area contributed by atoms with E-state index in [2.05, 4.69) is 22.4 Å². The third kappa shape index (κ3) is 5.19. The van der Waals surface area contributed by atoms with Crippen molar-refractivity contribution in [3.05, 3.63) is 0 Å². The van der Waals surface area contributed by atoms with Gasteiger partial charge in [-0.3, -0.25) is 9.59 Å². The van der Waals surface area contributed by atoms with Gasteiger partial charge in [0.05, 0.1) is 17.8 Å². The molecule has 5 unspecified atom stereocenters. The molecule has 118 valence electrons. The molecule has 0 saturated carbocycles. The van der Waals surface area contributed by atoms with Crippen molar-refractivity contribution in [2.24, 2.45) is 16.8 Å². The molecular weight excluding hydrogens is 294 g/mol. The van der Waals surface area contributed by atoms with Gasteiger partial charge in [0.15, 0.2) is 0 Å². The molecule has 1 heterocycles. The van der Waals surface area contributed by atoms with Gasteiger partial charge in [-0.1, -0.05) is 13.8 Å². The summed E-state index contributed by atoms with van der Waals surface area (Å²) in [6, 6.07) is 0. The van der Waals surface area contributed by atoms with Crippen LogP contribution in [-0.4, -0.2) is 48.6 Å². The maximum absolute atomic E-state index is 11.3. The van der Waals surface area contributed by atoms with Crippen LogP contribution in [0.25, 0.3) is 0 Å². The van der Waals surface area contributed by atoms with Crippen LogP contribution in [0, 0.1) is 11.8 Å². The second kappa shape index (κ2) is 8.22. The average molecular weight is 315 g/mol. The molecule has 0 bridgehead atoms. The predicted molar refractivity (Wildman–Crippen MR) is 79.1 cm³/mol. The number of esters is 2. The zero-order valence-electron chi connectivity index (χ0n) is 12.7. The number of rotatable bonds is 5. The second-order valence-electron chi connectivity index (χ2n) is 5.24. The lowest BCUT2D eigenvalue weighted by molar-refractivity contribution is -0.200. The van der Waals surface area contributed by atoms with Gasteiger partial charge in [-0.15, -0.1) is 0 Å². The third-order valence-corrected chi connectivity index (χ3v) is 3.87. The lowest BCUT2D eigenvalue weighted by Gasteiger charge is -2.43. The number of hydrogen-bond acceptors (Lipinski definition) is 7. The molecule has 5 atom stereocenters. The molecule has 1 saturated heterocycles. The lowest BCUT2D eigenvalue weighted by atomic mass is 9.81. The molecule has 0 radical (unpaired) electrons. The number of ether oxygens (including phenoxy) is 3. The highest BCUT2D eigenvalue weighted by Gasteiger charge is 2.43. The van der Waals surface area contributed by atoms with E-state index in [0.717, 1.165) is 0 Å². The summed E-state index contributed by atoms with van der Waals surface area (Å²) in [5, 5.41) is 2.28. The maximum atomic E-state index is 11.3. The highest BCUT2D eigenvalue weighted by molar-refractivity contribution is 7.78. The van der Waals surface area contributed by atoms with Gasteiger partial charge < -0.3 is 14.2 Å². The minimum atomic E-state index is -0.420. The normalized spacial score (nSPS) is 31.9. The summed E-state index contributed by atoms with van der Waals surface area (Å²) in [6.45, 7) is 7.11. The van der Waals surface area contributed by atoms with Crippen molar-refractivity contribution in [3.63, 3.8) is 0 Å². The predicted octanol–water partition coefficient (Wildman–Crippen LogP) is 1.62. The van der Waals surface area contributed by atoms with Gasteiger partial charge in [0.25, 0.3) is 0 Å². The first kappa shape index (κ1) is 17.8. The third-order valence-electron chi connectivity index (χ3n) is 3.74. The van der Waals surface area contributed by atoms with Gasteiger partial charge in [-0.05, 0) is 18.1 Å². The molecule has 1 rings (SSSR count). The first-order valence-electron chi connectivity index (χ1n) is 6.86. The van der Waals surface area contributed by atoms with E-state index in [-0.39, 0.29) is 43.0 Å². The van der Waals surface area contributed by atoms with Crippen molar-refractivity contribution in [2.45, 2.75) is 46.0 Å². The van der Waals surface area contributed by atoms with Crippen molar-refractivity contribution in [1.82, 2.24) is 0 Å². The number of nitrogens with zero attached hydrogens (tertiary/aromatic N) is 1. The Labute approximate surface area is 129 Å². The number of aliphatic imine (C=N–C) groups is 1. The Morgan fingerprint density at radius 1 is 1.19 bits per heavy atom. The van der Waals surface area contributed by atoms with Crippen LogP contribution >= 0.6 is 12.2 Å². The van der Waals surface area contributed by atoms with E-state index in [1.54, 1.807) is 0 Å². The summed E-state index contributed by atoms with van der Waals surface area (Å²) in [7, 11) is 0. The highest BCUT2D eigenvalue weighted by atomic mass is 32.1. The van der Waals surface area contributed by atoms with Crippen LogP contribution in [-0.2, 0) is 23.8 Å². The smallest absolute Gasteiger partial charge is 0.303 e. The fourth-order valence-electron chi connectivity index (χ4n) is 2.44. The van der Waals surface area contributed by atoms with Gasteiger partial charge in [0.2, 0.25) is 0 Å². The first-order valence-corrected chi connectivity index (χ1v) is 7.27. The Bertz CT molecular complexity index is 433. The van der Waals surface area contributed by atoms with E-state index >= 15 is 0 Å². The number of isothiocyanates is 1. The highest BCUT2D eigenvalue weighted by Crippen LogP contribution is 2.33. The SMILES string of the molecule is CC(=O)OCC1OC(CN=C=S)C(OC(C)=O)C(C)C1C. The van der Waals surface area contributed by atoms with Crippen LogP contribution in [0.15, 0.2) is 4.99 Å². The van der Waals surface area contributed by atoms with Crippen LogP contribution in [0.3, 0.4) is 0 Å². The fraction of sp³-hybridized carbons (Fsp3) is 0.786. The first-order chi connectivity index (χ1) is 9.86. The van der Waals surface area contributed by atoms with Gasteiger partial charge in [-0.2, -0.15) is 0 Å². The van der Waals surface area contributed by atoms with Crippen LogP contribution in [0.2, 0.25) is 0 Å². The zero-order valence-corrected chi connectivity index (χ0v) is 13.5. The molecule has 7 heteroatoms. The summed E-state index contributed by atoms with van der Waals surface area (Å²) < 4.78 is 16.3. The molecule has 0 aromatic carbocycles. The van der Waals surface area contributed by atoms with Crippen molar-refractivity contribution in [3.8, 4) is 0 Å². The van der Waals surface area contributed by atoms with Gasteiger partial charge >= 0.3 is 11.9 Å². The zero-order chi connectivity index (χ0) is 16.0. The van der Waals surface area contributed by atoms with E-state index in [1.165, 1.54) is 13.8 Å². The molecule has 0 aromatic rings. The Morgan fingerprint density at radius 2 is 1.86 bits per heavy atom. The van der Waals surface area contributed by atoms with Crippen molar-refractivity contribution < 1.29 is 23.8 Å². The Hall–Kier alpha value is -1.30. The van der Waals surface area contributed by atoms with E-state index in [4.69, 9.17) is 14.2 Å². The summed E-state index contributed by atoms with van der Waals surface area (Å²) >= 11 is 4.57. The van der Waals surface area contributed by atoms with Gasteiger partial charge in [0.1, 0.15) is 18.8 Å². The lowest BCUT2D eigenvalue weighted by Crippen LogP contribution is -2.53. The van der Waals surface area contributed by atoms with Crippen LogP contribution in [0.5, 0.6) is 0 Å². The topological polar surface area (TPSA) is 74.2 Å². The second-order valence-corrected chi connectivity index (χ2v) is 5.42. The largest absolute Gasteiger partial charge is 0.463 e. The van der Waals surface area contributed by atoms with Crippen molar-refractivity contribution in [1.29, 1.82) is 0 Å². The Morgan fingerprint density at radius 3 is 2.38 bits per heavy atom. The monoisotopic (exact) mass is 315 g/mol. The van der Waals surface area contributed by atoms with E-state index in [9.17, 15) is 9.59 Å². The molecule has 0 N–H and O–H groups in total. The molecule has 6 nitrogen and oxygen atoms in total. The molecule has 1 aliphatic rings. The number of carbonyl (C=O) groups is 2. The number of carbonyl (C=O) groups excluding carboxylic acids is 2. The molecule has 0 spiro atoms. The molecule has 0 aliphatic carbocycles. The van der Waals surface area contributed by atoms with Gasteiger partial charge in [-0.25, -0.2) is 4.99 Å². The van der Waals surface area contributed by atoms with E-state index < -0.39 is 12.2 Å². The summed E-state index contributed by atoms with van der Waals surface area (Å²) in [5.41, 5.74) is 0. The molecule has 1 aliphatic heterocycles. The number of thiocarbonyl (C=S) groups is 1. The standard InChI is InChI=1S/C14H21NO5S/c1-8-9(2)14(19-11(4)17)12(5-15-7-21)20-13(8)6-18-10(3)16/h8-9,12-14H,5-6H2,1-4H3. The average Bonchev–Trinajstić information content (AvgIpc) is 2.41. The Kier molecular flexibility index (Phi) is 6.95. The molecule has 21 heavy (non-hydrogen) atoms. The Balaban J connectivity index is 2.84. The van der Waals surface area contributed by atoms with Crippen LogP contribution < -0.4 is 0 Å². The van der Waals surface area contributed by atoms with Crippen molar-refractivity contribution >= 4 is 29.3 Å². The van der Waals surface area contributed by atoms with Gasteiger partial charge in [0, 0.05) is 19.8 Å². The summed E-state index contributed by atoms with van der Waals surface area (Å²) in [4.78, 5) is 26.1. The quantitative estimate of drug-likeness (QED) is 0.436. The van der Waals surface area contributed by atoms with Crippen molar-refractivity contribution in [2.75, 3.05) is 13.2 Å². The summed E-state index contributed by atoms with van der Waals surface area (Å²) in [6.07, 6.45) is -1.09. The molecule has 0 amide bonds. The fourth-order valence-corrected chi connectivity index (χ4v) is 2.52. The minimum absolute atomic E-state index is 0.0496. The number of hydrogen-bond donors (Lipinski definition) is 0. The maximum Gasteiger partial charge on any atom is 0.303 e. The van der Waals surface area contributed by atoms with E-state index in [1.807, 2.05) is 13.8 Å². The molecule has 1 fully saturated rings. The van der Waals surface area contributed by atoms with E-state index in [0.29, 0.717) is 0 Å². The van der Waals surface area contributed by atoms with Crippen LogP contribution in [0.1, 0.15) is 27.7 Å². The summed E-state index contributed by atoms with van der Waals surface area (Å²) in [5.74, 6) is -0.596. The molecule has 0 aromatic heterocycles.